The van der Waals surface area contributed by atoms with Crippen LogP contribution in [-0.4, -0.2) is 41.5 Å². The third-order valence-corrected chi connectivity index (χ3v) is 2.82. The van der Waals surface area contributed by atoms with Crippen LogP contribution in [0.3, 0.4) is 0 Å². The summed E-state index contributed by atoms with van der Waals surface area (Å²) in [4.78, 5) is 11.6. The number of hydrogen-bond acceptors (Lipinski definition) is 4. The van der Waals surface area contributed by atoms with E-state index in [1.54, 1.807) is 24.0 Å². The Balaban J connectivity index is 1.72. The van der Waals surface area contributed by atoms with Crippen molar-refractivity contribution in [1.82, 2.24) is 15.1 Å². The van der Waals surface area contributed by atoms with Gasteiger partial charge in [0.05, 0.1) is 12.3 Å². The van der Waals surface area contributed by atoms with Crippen molar-refractivity contribution in [2.45, 2.75) is 18.9 Å². The molecule has 1 aliphatic heterocycles. The standard InChI is InChI=1S/C11H18N4O2/c1-15-10(4-7-13-15)14-11(16)8-17-9-2-5-12-6-3-9/h4,7,9,12H,2-3,5-6,8H2,1H3,(H,14,16). The molecule has 0 aromatic carbocycles. The summed E-state index contributed by atoms with van der Waals surface area (Å²) in [6, 6.07) is 1.75. The molecule has 6 heteroatoms. The summed E-state index contributed by atoms with van der Waals surface area (Å²) in [5, 5.41) is 9.98. The molecular weight excluding hydrogens is 220 g/mol. The highest BCUT2D eigenvalue weighted by Gasteiger charge is 2.15. The van der Waals surface area contributed by atoms with Crippen LogP contribution in [0.1, 0.15) is 12.8 Å². The molecule has 0 unspecified atom stereocenters. The summed E-state index contributed by atoms with van der Waals surface area (Å²) in [5.41, 5.74) is 0. The normalized spacial score (nSPS) is 17.0. The van der Waals surface area contributed by atoms with Gasteiger partial charge < -0.3 is 15.4 Å². The number of aryl methyl sites for hydroxylation is 1. The van der Waals surface area contributed by atoms with Gasteiger partial charge in [0, 0.05) is 13.1 Å². The lowest BCUT2D eigenvalue weighted by Crippen LogP contribution is -2.34. The van der Waals surface area contributed by atoms with Crippen molar-refractivity contribution < 1.29 is 9.53 Å². The minimum absolute atomic E-state index is 0.107. The highest BCUT2D eigenvalue weighted by atomic mass is 16.5. The molecule has 1 saturated heterocycles. The molecule has 1 fully saturated rings. The molecule has 1 aliphatic rings. The van der Waals surface area contributed by atoms with Crippen LogP contribution >= 0.6 is 0 Å². The van der Waals surface area contributed by atoms with Gasteiger partial charge in [-0.3, -0.25) is 9.48 Å². The van der Waals surface area contributed by atoms with Crippen LogP contribution in [0.15, 0.2) is 12.3 Å². The molecular formula is C11H18N4O2. The number of hydrogen-bond donors (Lipinski definition) is 2. The Labute approximate surface area is 100 Å². The molecule has 0 aliphatic carbocycles. The van der Waals surface area contributed by atoms with Crippen LogP contribution < -0.4 is 10.6 Å². The molecule has 1 aromatic heterocycles. The molecule has 1 amide bonds. The van der Waals surface area contributed by atoms with E-state index in [0.717, 1.165) is 25.9 Å². The zero-order valence-electron chi connectivity index (χ0n) is 9.98. The Morgan fingerprint density at radius 3 is 3.06 bits per heavy atom. The molecule has 17 heavy (non-hydrogen) atoms. The average Bonchev–Trinajstić information content (AvgIpc) is 2.74. The minimum Gasteiger partial charge on any atom is -0.368 e. The second-order valence-corrected chi connectivity index (χ2v) is 4.15. The Bertz CT molecular complexity index is 371. The second kappa shape index (κ2) is 5.79. The quantitative estimate of drug-likeness (QED) is 0.782. The fourth-order valence-corrected chi connectivity index (χ4v) is 1.83. The predicted octanol–water partition coefficient (Wildman–Crippen LogP) is 0.127. The van der Waals surface area contributed by atoms with E-state index in [0.29, 0.717) is 5.82 Å². The summed E-state index contributed by atoms with van der Waals surface area (Å²) in [7, 11) is 1.78. The van der Waals surface area contributed by atoms with Gasteiger partial charge in [-0.2, -0.15) is 5.10 Å². The van der Waals surface area contributed by atoms with Crippen molar-refractivity contribution in [1.29, 1.82) is 0 Å². The zero-order chi connectivity index (χ0) is 12.1. The second-order valence-electron chi connectivity index (χ2n) is 4.15. The SMILES string of the molecule is Cn1nccc1NC(=O)COC1CCNCC1. The number of nitrogens with zero attached hydrogens (tertiary/aromatic N) is 2. The number of carbonyl (C=O) groups is 1. The van der Waals surface area contributed by atoms with Crippen molar-refractivity contribution in [3.8, 4) is 0 Å². The van der Waals surface area contributed by atoms with E-state index >= 15 is 0 Å². The highest BCUT2D eigenvalue weighted by molar-refractivity contribution is 5.90. The van der Waals surface area contributed by atoms with Crippen molar-refractivity contribution in [2.75, 3.05) is 25.0 Å². The van der Waals surface area contributed by atoms with Crippen LogP contribution in [0.2, 0.25) is 0 Å². The summed E-state index contributed by atoms with van der Waals surface area (Å²) in [6.07, 6.45) is 3.79. The van der Waals surface area contributed by atoms with Gasteiger partial charge in [-0.1, -0.05) is 0 Å². The summed E-state index contributed by atoms with van der Waals surface area (Å²) >= 11 is 0. The van der Waals surface area contributed by atoms with Crippen LogP contribution in [0, 0.1) is 0 Å². The van der Waals surface area contributed by atoms with Gasteiger partial charge in [0.1, 0.15) is 12.4 Å². The number of piperidine rings is 1. The molecule has 0 saturated carbocycles. The average molecular weight is 238 g/mol. The number of amides is 1. The first-order valence-electron chi connectivity index (χ1n) is 5.86. The van der Waals surface area contributed by atoms with E-state index in [1.165, 1.54) is 0 Å². The van der Waals surface area contributed by atoms with E-state index in [9.17, 15) is 4.79 Å². The van der Waals surface area contributed by atoms with Gasteiger partial charge in [0.2, 0.25) is 0 Å². The number of anilines is 1. The lowest BCUT2D eigenvalue weighted by atomic mass is 10.1. The molecule has 0 radical (unpaired) electrons. The van der Waals surface area contributed by atoms with Crippen molar-refractivity contribution in [2.24, 2.45) is 7.05 Å². The fourth-order valence-electron chi connectivity index (χ4n) is 1.83. The summed E-state index contributed by atoms with van der Waals surface area (Å²) in [5.74, 6) is 0.552. The van der Waals surface area contributed by atoms with Crippen LogP contribution in [0.5, 0.6) is 0 Å². The number of rotatable bonds is 4. The van der Waals surface area contributed by atoms with Gasteiger partial charge in [0.25, 0.3) is 5.91 Å². The Morgan fingerprint density at radius 2 is 2.41 bits per heavy atom. The van der Waals surface area contributed by atoms with E-state index in [4.69, 9.17) is 4.74 Å². The number of carbonyl (C=O) groups excluding carboxylic acids is 1. The maximum absolute atomic E-state index is 11.6. The maximum atomic E-state index is 11.6. The van der Waals surface area contributed by atoms with Gasteiger partial charge in [-0.25, -0.2) is 0 Å². The van der Waals surface area contributed by atoms with Gasteiger partial charge in [0.15, 0.2) is 0 Å². The minimum atomic E-state index is -0.132. The largest absolute Gasteiger partial charge is 0.368 e. The summed E-state index contributed by atoms with van der Waals surface area (Å²) in [6.45, 7) is 2.04. The summed E-state index contributed by atoms with van der Waals surface area (Å²) < 4.78 is 7.17. The first-order chi connectivity index (χ1) is 8.25. The van der Waals surface area contributed by atoms with Gasteiger partial charge in [-0.05, 0) is 25.9 Å². The molecule has 6 nitrogen and oxygen atoms in total. The first kappa shape index (κ1) is 12.1. The zero-order valence-corrected chi connectivity index (χ0v) is 9.98. The van der Waals surface area contributed by atoms with E-state index < -0.39 is 0 Å². The van der Waals surface area contributed by atoms with Crippen LogP contribution in [-0.2, 0) is 16.6 Å². The van der Waals surface area contributed by atoms with E-state index in [-0.39, 0.29) is 18.6 Å². The molecule has 2 heterocycles. The highest BCUT2D eigenvalue weighted by Crippen LogP contribution is 2.08. The third-order valence-electron chi connectivity index (χ3n) is 2.82. The Hall–Kier alpha value is -1.40. The van der Waals surface area contributed by atoms with Crippen LogP contribution in [0.4, 0.5) is 5.82 Å². The van der Waals surface area contributed by atoms with E-state index in [2.05, 4.69) is 15.7 Å². The smallest absolute Gasteiger partial charge is 0.251 e. The number of nitrogens with one attached hydrogen (secondary N) is 2. The Morgan fingerprint density at radius 1 is 1.65 bits per heavy atom. The van der Waals surface area contributed by atoms with Crippen molar-refractivity contribution in [3.05, 3.63) is 12.3 Å². The predicted molar refractivity (Wildman–Crippen MR) is 63.7 cm³/mol. The lowest BCUT2D eigenvalue weighted by molar-refractivity contribution is -0.123. The lowest BCUT2D eigenvalue weighted by Gasteiger charge is -2.22. The van der Waals surface area contributed by atoms with Crippen molar-refractivity contribution >= 4 is 11.7 Å². The topological polar surface area (TPSA) is 68.2 Å². The maximum Gasteiger partial charge on any atom is 0.251 e. The van der Waals surface area contributed by atoms with Gasteiger partial charge in [-0.15, -0.1) is 0 Å². The van der Waals surface area contributed by atoms with Crippen molar-refractivity contribution in [3.63, 3.8) is 0 Å². The molecule has 0 atom stereocenters. The number of aromatic nitrogens is 2. The third kappa shape index (κ3) is 3.54. The van der Waals surface area contributed by atoms with E-state index in [1.807, 2.05) is 0 Å². The molecule has 0 bridgehead atoms. The molecule has 2 rings (SSSR count). The molecule has 2 N–H and O–H groups in total. The fraction of sp³-hybridized carbons (Fsp3) is 0.636. The molecule has 94 valence electrons. The Kier molecular flexibility index (Phi) is 4.11. The molecule has 1 aromatic rings. The number of ether oxygens (including phenoxy) is 1. The first-order valence-corrected chi connectivity index (χ1v) is 5.86. The monoisotopic (exact) mass is 238 g/mol. The molecule has 0 spiro atoms. The van der Waals surface area contributed by atoms with Crippen LogP contribution in [0.25, 0.3) is 0 Å². The van der Waals surface area contributed by atoms with Gasteiger partial charge >= 0.3 is 0 Å².